The summed E-state index contributed by atoms with van der Waals surface area (Å²) >= 11 is 1.62. The normalized spacial score (nSPS) is 11.1. The van der Waals surface area contributed by atoms with Crippen LogP contribution in [0.15, 0.2) is 35.7 Å². The van der Waals surface area contributed by atoms with Gasteiger partial charge in [-0.15, -0.1) is 11.3 Å². The minimum Gasteiger partial charge on any atom is -0.380 e. The molecule has 2 aromatic rings. The lowest BCUT2D eigenvalue weighted by molar-refractivity contribution is 0.591. The monoisotopic (exact) mass is 270 g/mol. The largest absolute Gasteiger partial charge is 0.380 e. The van der Waals surface area contributed by atoms with Gasteiger partial charge in [-0.3, -0.25) is 0 Å². The molecule has 1 aromatic heterocycles. The Bertz CT molecular complexity index is 600. The van der Waals surface area contributed by atoms with Crippen molar-refractivity contribution in [2.45, 2.75) is 32.7 Å². The number of para-hydroxylation sites is 1. The lowest BCUT2D eigenvalue weighted by Gasteiger charge is -2.23. The van der Waals surface area contributed by atoms with Crippen molar-refractivity contribution in [1.29, 1.82) is 5.26 Å². The van der Waals surface area contributed by atoms with E-state index in [-0.39, 0.29) is 5.41 Å². The maximum Gasteiger partial charge on any atom is 0.100 e. The maximum absolute atomic E-state index is 8.82. The Morgan fingerprint density at radius 3 is 2.63 bits per heavy atom. The summed E-state index contributed by atoms with van der Waals surface area (Å²) in [7, 11) is 0. The van der Waals surface area contributed by atoms with Crippen LogP contribution in [-0.2, 0) is 12.0 Å². The second kappa shape index (κ2) is 5.46. The van der Waals surface area contributed by atoms with Gasteiger partial charge in [-0.2, -0.15) is 5.26 Å². The molecule has 0 aliphatic carbocycles. The average Bonchev–Trinajstić information content (AvgIpc) is 2.83. The van der Waals surface area contributed by atoms with Gasteiger partial charge in [0, 0.05) is 22.5 Å². The number of nitriles is 1. The molecule has 0 unspecified atom stereocenters. The summed E-state index contributed by atoms with van der Waals surface area (Å²) in [5.41, 5.74) is 3.34. The standard InChI is InChI=1S/C16H18N2S/c1-16(2,3)14-6-4-5-7-15(14)18-10-13-8-12(9-17)11-19-13/h4-8,11,18H,10H2,1-3H3. The van der Waals surface area contributed by atoms with E-state index < -0.39 is 0 Å². The van der Waals surface area contributed by atoms with Gasteiger partial charge >= 0.3 is 0 Å². The van der Waals surface area contributed by atoms with Crippen LogP contribution in [0.1, 0.15) is 36.8 Å². The molecule has 0 bridgehead atoms. The van der Waals surface area contributed by atoms with Crippen LogP contribution < -0.4 is 5.32 Å². The van der Waals surface area contributed by atoms with Crippen LogP contribution in [0.4, 0.5) is 5.69 Å². The van der Waals surface area contributed by atoms with E-state index >= 15 is 0 Å². The third-order valence-corrected chi connectivity index (χ3v) is 3.91. The molecule has 98 valence electrons. The van der Waals surface area contributed by atoms with Crippen molar-refractivity contribution in [1.82, 2.24) is 0 Å². The zero-order valence-corrected chi connectivity index (χ0v) is 12.3. The predicted molar refractivity (Wildman–Crippen MR) is 81.5 cm³/mol. The van der Waals surface area contributed by atoms with Crippen molar-refractivity contribution < 1.29 is 0 Å². The quantitative estimate of drug-likeness (QED) is 0.889. The van der Waals surface area contributed by atoms with Gasteiger partial charge in [-0.25, -0.2) is 0 Å². The summed E-state index contributed by atoms with van der Waals surface area (Å²) in [5.74, 6) is 0. The van der Waals surface area contributed by atoms with Crippen molar-refractivity contribution in [3.05, 3.63) is 51.7 Å². The van der Waals surface area contributed by atoms with Gasteiger partial charge in [0.1, 0.15) is 6.07 Å². The van der Waals surface area contributed by atoms with Gasteiger partial charge in [-0.1, -0.05) is 39.0 Å². The van der Waals surface area contributed by atoms with Crippen molar-refractivity contribution in [2.24, 2.45) is 0 Å². The zero-order valence-electron chi connectivity index (χ0n) is 11.5. The Morgan fingerprint density at radius 2 is 2.00 bits per heavy atom. The number of nitrogens with one attached hydrogen (secondary N) is 1. The number of thiophene rings is 1. The fourth-order valence-corrected chi connectivity index (χ4v) is 2.76. The van der Waals surface area contributed by atoms with E-state index in [1.807, 2.05) is 17.5 Å². The highest BCUT2D eigenvalue weighted by molar-refractivity contribution is 7.10. The van der Waals surface area contributed by atoms with Crippen LogP contribution in [0.2, 0.25) is 0 Å². The van der Waals surface area contributed by atoms with Crippen LogP contribution in [0.3, 0.4) is 0 Å². The molecule has 1 heterocycles. The number of hydrogen-bond donors (Lipinski definition) is 1. The highest BCUT2D eigenvalue weighted by atomic mass is 32.1. The summed E-state index contributed by atoms with van der Waals surface area (Å²) in [6, 6.07) is 12.5. The zero-order chi connectivity index (χ0) is 13.9. The number of anilines is 1. The minimum absolute atomic E-state index is 0.122. The molecule has 19 heavy (non-hydrogen) atoms. The summed E-state index contributed by atoms with van der Waals surface area (Å²) in [6.07, 6.45) is 0. The summed E-state index contributed by atoms with van der Waals surface area (Å²) < 4.78 is 0. The smallest absolute Gasteiger partial charge is 0.100 e. The number of nitrogens with zero attached hydrogens (tertiary/aromatic N) is 1. The third kappa shape index (κ3) is 3.36. The Labute approximate surface area is 118 Å². The van der Waals surface area contributed by atoms with E-state index in [1.165, 1.54) is 16.1 Å². The predicted octanol–water partition coefficient (Wildman–Crippen LogP) is 4.53. The van der Waals surface area contributed by atoms with Crippen LogP contribution in [0, 0.1) is 11.3 Å². The molecule has 0 atom stereocenters. The molecule has 0 saturated carbocycles. The van der Waals surface area contributed by atoms with Gasteiger partial charge < -0.3 is 5.32 Å². The Hall–Kier alpha value is -1.79. The molecule has 0 saturated heterocycles. The number of benzene rings is 1. The molecule has 0 aliphatic heterocycles. The molecule has 0 fully saturated rings. The highest BCUT2D eigenvalue weighted by Crippen LogP contribution is 2.29. The molecule has 0 spiro atoms. The van der Waals surface area contributed by atoms with Crippen LogP contribution in [0.5, 0.6) is 0 Å². The molecule has 2 nitrogen and oxygen atoms in total. The Morgan fingerprint density at radius 1 is 1.26 bits per heavy atom. The molecule has 2 rings (SSSR count). The van der Waals surface area contributed by atoms with Gasteiger partial charge in [-0.05, 0) is 23.1 Å². The van der Waals surface area contributed by atoms with Gasteiger partial charge in [0.25, 0.3) is 0 Å². The van der Waals surface area contributed by atoms with E-state index in [9.17, 15) is 0 Å². The fraction of sp³-hybridized carbons (Fsp3) is 0.312. The first-order valence-electron chi connectivity index (χ1n) is 6.31. The van der Waals surface area contributed by atoms with E-state index in [2.05, 4.69) is 50.4 Å². The third-order valence-electron chi connectivity index (χ3n) is 2.97. The SMILES string of the molecule is CC(C)(C)c1ccccc1NCc1cc(C#N)cs1. The van der Waals surface area contributed by atoms with Gasteiger partial charge in [0.15, 0.2) is 0 Å². The maximum atomic E-state index is 8.82. The van der Waals surface area contributed by atoms with E-state index in [0.717, 1.165) is 12.1 Å². The van der Waals surface area contributed by atoms with Crippen molar-refractivity contribution >= 4 is 17.0 Å². The summed E-state index contributed by atoms with van der Waals surface area (Å²) in [5, 5.41) is 14.2. The van der Waals surface area contributed by atoms with E-state index in [4.69, 9.17) is 5.26 Å². The van der Waals surface area contributed by atoms with Gasteiger partial charge in [0.2, 0.25) is 0 Å². The molecule has 1 N–H and O–H groups in total. The number of rotatable bonds is 3. The molecule has 3 heteroatoms. The fourth-order valence-electron chi connectivity index (χ4n) is 2.01. The second-order valence-electron chi connectivity index (χ2n) is 5.56. The summed E-state index contributed by atoms with van der Waals surface area (Å²) in [4.78, 5) is 1.18. The average molecular weight is 270 g/mol. The second-order valence-corrected chi connectivity index (χ2v) is 6.56. The Balaban J connectivity index is 2.14. The topological polar surface area (TPSA) is 35.8 Å². The first kappa shape index (κ1) is 13.6. The molecule has 0 radical (unpaired) electrons. The number of hydrogen-bond acceptors (Lipinski definition) is 3. The first-order chi connectivity index (χ1) is 9.00. The lowest BCUT2D eigenvalue weighted by atomic mass is 9.86. The van der Waals surface area contributed by atoms with Crippen molar-refractivity contribution in [2.75, 3.05) is 5.32 Å². The van der Waals surface area contributed by atoms with Crippen LogP contribution in [-0.4, -0.2) is 0 Å². The minimum atomic E-state index is 0.122. The van der Waals surface area contributed by atoms with E-state index in [1.54, 1.807) is 11.3 Å². The van der Waals surface area contributed by atoms with E-state index in [0.29, 0.717) is 0 Å². The van der Waals surface area contributed by atoms with Crippen LogP contribution >= 0.6 is 11.3 Å². The lowest BCUT2D eigenvalue weighted by Crippen LogP contribution is -2.14. The molecular formula is C16H18N2S. The molecule has 0 amide bonds. The van der Waals surface area contributed by atoms with Crippen molar-refractivity contribution in [3.63, 3.8) is 0 Å². The van der Waals surface area contributed by atoms with Crippen molar-refractivity contribution in [3.8, 4) is 6.07 Å². The molecule has 0 aliphatic rings. The molecular weight excluding hydrogens is 252 g/mol. The highest BCUT2D eigenvalue weighted by Gasteiger charge is 2.17. The first-order valence-corrected chi connectivity index (χ1v) is 7.19. The van der Waals surface area contributed by atoms with Crippen LogP contribution in [0.25, 0.3) is 0 Å². The Kier molecular flexibility index (Phi) is 3.92. The summed E-state index contributed by atoms with van der Waals surface area (Å²) in [6.45, 7) is 7.41. The molecule has 1 aromatic carbocycles. The van der Waals surface area contributed by atoms with Gasteiger partial charge in [0.05, 0.1) is 5.56 Å².